The maximum atomic E-state index is 8.58. The van der Waals surface area contributed by atoms with Crippen LogP contribution in [0.5, 0.6) is 0 Å². The number of amides is 1. The second-order valence-corrected chi connectivity index (χ2v) is 0.136. The Balaban J connectivity index is -0.0000000200. The van der Waals surface area contributed by atoms with Crippen molar-refractivity contribution < 1.29 is 10.3 Å². The Hall–Kier alpha value is -0.280. The highest BCUT2D eigenvalue weighted by atomic mass is 35.5. The number of carbonyl (C=O) groups is 1. The number of nitrogens with two attached hydrogens (primary N) is 1. The molecule has 4 N–H and O–H groups in total. The fraction of sp³-hybridized carbons (Fsp3) is 0. The highest BCUT2D eigenvalue weighted by molar-refractivity contribution is 5.85. The Morgan fingerprint density at radius 2 is 1.60 bits per heavy atom. The van der Waals surface area contributed by atoms with Gasteiger partial charge in [0.1, 0.15) is 0 Å². The summed E-state index contributed by atoms with van der Waals surface area (Å²) in [7, 11) is 0. The Labute approximate surface area is 35.9 Å². The van der Waals surface area contributed by atoms with Gasteiger partial charge in [-0.1, -0.05) is 0 Å². The van der Waals surface area contributed by atoms with Gasteiger partial charge >= 0.3 is 0 Å². The lowest BCUT2D eigenvalue weighted by Crippen LogP contribution is -1.82. The van der Waals surface area contributed by atoms with Gasteiger partial charge in [-0.2, -0.15) is 0 Å². The molecule has 0 radical (unpaired) electrons. The third-order valence-corrected chi connectivity index (χ3v) is 0. The van der Waals surface area contributed by atoms with Gasteiger partial charge in [-0.15, -0.1) is 12.4 Å². The van der Waals surface area contributed by atoms with Gasteiger partial charge < -0.3 is 11.2 Å². The molecule has 0 rings (SSSR count). The SMILES string of the molecule is Cl.NC=O.O. The predicted octanol–water partition coefficient (Wildman–Crippen LogP) is -1.30. The molecule has 1 amide bonds. The van der Waals surface area contributed by atoms with Gasteiger partial charge in [0.05, 0.1) is 0 Å². The molecule has 0 aliphatic carbocycles. The molecular formula is CH6ClNO2. The number of halogens is 1. The van der Waals surface area contributed by atoms with E-state index in [-0.39, 0.29) is 24.3 Å². The van der Waals surface area contributed by atoms with Gasteiger partial charge in [-0.25, -0.2) is 0 Å². The summed E-state index contributed by atoms with van der Waals surface area (Å²) < 4.78 is 0. The number of hydrogen-bond donors (Lipinski definition) is 1. The molecule has 0 saturated carbocycles. The van der Waals surface area contributed by atoms with E-state index in [0.29, 0.717) is 0 Å². The maximum Gasteiger partial charge on any atom is 0.204 e. The smallest absolute Gasteiger partial charge is 0.204 e. The van der Waals surface area contributed by atoms with Crippen LogP contribution in [-0.2, 0) is 4.79 Å². The highest BCUT2D eigenvalue weighted by Gasteiger charge is 1.19. The fourth-order valence-corrected chi connectivity index (χ4v) is 0. The lowest BCUT2D eigenvalue weighted by molar-refractivity contribution is -0.106. The number of hydrogen-bond acceptors (Lipinski definition) is 1. The van der Waals surface area contributed by atoms with Crippen LogP contribution in [0.25, 0.3) is 0 Å². The molecule has 0 aromatic rings. The molecule has 0 fully saturated rings. The second kappa shape index (κ2) is 53.1. The molecule has 0 aromatic heterocycles. The van der Waals surface area contributed by atoms with Crippen molar-refractivity contribution in [1.82, 2.24) is 0 Å². The molecule has 0 aromatic carbocycles. The zero-order valence-electron chi connectivity index (χ0n) is 2.47. The van der Waals surface area contributed by atoms with E-state index >= 15 is 0 Å². The van der Waals surface area contributed by atoms with Crippen molar-refractivity contribution in [2.75, 3.05) is 0 Å². The van der Waals surface area contributed by atoms with Crippen molar-refractivity contribution in [3.05, 3.63) is 0 Å². The Kier molecular flexibility index (Phi) is 234. The zero-order chi connectivity index (χ0) is 2.71. The first kappa shape index (κ1) is 22.1. The molecule has 34 valence electrons. The van der Waals surface area contributed by atoms with Gasteiger partial charge in [0, 0.05) is 0 Å². The standard InChI is InChI=1S/CH3NO.ClH.H2O/c2-1-3;;/h1H,(H2,2,3);1H;1H2. The Morgan fingerprint density at radius 3 is 1.60 bits per heavy atom. The maximum absolute atomic E-state index is 8.58. The van der Waals surface area contributed by atoms with E-state index in [1.807, 2.05) is 0 Å². The largest absolute Gasteiger partial charge is 0.412 e. The van der Waals surface area contributed by atoms with E-state index in [1.165, 1.54) is 0 Å². The van der Waals surface area contributed by atoms with Crippen LogP contribution in [0.1, 0.15) is 0 Å². The number of carbonyl (C=O) groups excluding carboxylic acids is 1. The number of rotatable bonds is 0. The average molecular weight is 99.5 g/mol. The van der Waals surface area contributed by atoms with E-state index in [0.717, 1.165) is 0 Å². The van der Waals surface area contributed by atoms with Gasteiger partial charge in [0.2, 0.25) is 6.41 Å². The molecule has 5 heavy (non-hydrogen) atoms. The molecule has 0 atom stereocenters. The van der Waals surface area contributed by atoms with Crippen LogP contribution in [0.4, 0.5) is 0 Å². The Bertz CT molecular complexity index is 17.1. The fourth-order valence-electron chi connectivity index (χ4n) is 0. The quantitative estimate of drug-likeness (QED) is 0.377. The summed E-state index contributed by atoms with van der Waals surface area (Å²) in [6.45, 7) is 0. The first-order valence-corrected chi connectivity index (χ1v) is 0.569. The lowest BCUT2D eigenvalue weighted by Gasteiger charge is -1.32. The minimum Gasteiger partial charge on any atom is -0.412 e. The van der Waals surface area contributed by atoms with Crippen LogP contribution in [0, 0.1) is 0 Å². The third-order valence-electron chi connectivity index (χ3n) is 0. The summed E-state index contributed by atoms with van der Waals surface area (Å²) in [5, 5.41) is 0. The van der Waals surface area contributed by atoms with E-state index in [2.05, 4.69) is 5.73 Å². The normalized spacial score (nSPS) is 2.40. The molecule has 4 heteroatoms. The van der Waals surface area contributed by atoms with Crippen molar-refractivity contribution in [2.24, 2.45) is 5.73 Å². The van der Waals surface area contributed by atoms with E-state index in [4.69, 9.17) is 4.79 Å². The van der Waals surface area contributed by atoms with Crippen molar-refractivity contribution in [3.63, 3.8) is 0 Å². The van der Waals surface area contributed by atoms with Crippen LogP contribution in [0.15, 0.2) is 0 Å². The molecule has 0 bridgehead atoms. The average Bonchev–Trinajstić information content (AvgIpc) is 0.918. The van der Waals surface area contributed by atoms with Gasteiger partial charge in [-0.05, 0) is 0 Å². The molecule has 0 unspecified atom stereocenters. The summed E-state index contributed by atoms with van der Waals surface area (Å²) >= 11 is 0. The van der Waals surface area contributed by atoms with E-state index in [9.17, 15) is 0 Å². The van der Waals surface area contributed by atoms with Crippen LogP contribution in [0.3, 0.4) is 0 Å². The second-order valence-electron chi connectivity index (χ2n) is 0.136. The Morgan fingerprint density at radius 1 is 1.60 bits per heavy atom. The van der Waals surface area contributed by atoms with Gasteiger partial charge in [-0.3, -0.25) is 4.79 Å². The molecule has 3 nitrogen and oxygen atoms in total. The minimum atomic E-state index is 0. The van der Waals surface area contributed by atoms with Crippen LogP contribution in [-0.4, -0.2) is 11.9 Å². The summed E-state index contributed by atoms with van der Waals surface area (Å²) in [4.78, 5) is 8.58. The molecule has 0 aliphatic heterocycles. The van der Waals surface area contributed by atoms with Crippen molar-refractivity contribution in [2.45, 2.75) is 0 Å². The van der Waals surface area contributed by atoms with E-state index in [1.54, 1.807) is 0 Å². The minimum absolute atomic E-state index is 0. The first-order chi connectivity index (χ1) is 1.41. The third kappa shape index (κ3) is 140. The van der Waals surface area contributed by atoms with Gasteiger partial charge in [0.15, 0.2) is 0 Å². The molecule has 0 spiro atoms. The predicted molar refractivity (Wildman–Crippen MR) is 21.1 cm³/mol. The van der Waals surface area contributed by atoms with Crippen LogP contribution >= 0.6 is 12.4 Å². The van der Waals surface area contributed by atoms with E-state index < -0.39 is 0 Å². The van der Waals surface area contributed by atoms with Gasteiger partial charge in [0.25, 0.3) is 0 Å². The molecule has 0 saturated heterocycles. The zero-order valence-corrected chi connectivity index (χ0v) is 3.29. The molecule has 0 heterocycles. The number of primary amides is 1. The topological polar surface area (TPSA) is 74.6 Å². The monoisotopic (exact) mass is 99.0 g/mol. The lowest BCUT2D eigenvalue weighted by atomic mass is 11.5. The van der Waals surface area contributed by atoms with Crippen molar-refractivity contribution in [3.8, 4) is 0 Å². The van der Waals surface area contributed by atoms with Crippen LogP contribution < -0.4 is 5.73 Å². The molecular weight excluding hydrogens is 93.5 g/mol. The van der Waals surface area contributed by atoms with Crippen molar-refractivity contribution in [1.29, 1.82) is 0 Å². The molecule has 0 aliphatic rings. The highest BCUT2D eigenvalue weighted by Crippen LogP contribution is 0.798. The first-order valence-electron chi connectivity index (χ1n) is 0.569. The van der Waals surface area contributed by atoms with Crippen molar-refractivity contribution >= 4 is 18.8 Å². The summed E-state index contributed by atoms with van der Waals surface area (Å²) in [6.07, 6.45) is 0.250. The summed E-state index contributed by atoms with van der Waals surface area (Å²) in [5.41, 5.74) is 4.17. The van der Waals surface area contributed by atoms with Crippen LogP contribution in [0.2, 0.25) is 0 Å². The summed E-state index contributed by atoms with van der Waals surface area (Å²) in [5.74, 6) is 0. The summed E-state index contributed by atoms with van der Waals surface area (Å²) in [6, 6.07) is 0.